The van der Waals surface area contributed by atoms with Crippen LogP contribution in [0, 0.1) is 5.92 Å². The van der Waals surface area contributed by atoms with E-state index < -0.39 is 0 Å². The molecule has 0 unspecified atom stereocenters. The number of aromatic nitrogens is 4. The van der Waals surface area contributed by atoms with E-state index >= 15 is 0 Å². The maximum absolute atomic E-state index is 5.46. The van der Waals surface area contributed by atoms with Crippen molar-refractivity contribution in [3.63, 3.8) is 0 Å². The van der Waals surface area contributed by atoms with Crippen LogP contribution in [0.3, 0.4) is 0 Å². The molecule has 0 amide bonds. The molecule has 0 radical (unpaired) electrons. The lowest BCUT2D eigenvalue weighted by Crippen LogP contribution is -2.20. The second-order valence-corrected chi connectivity index (χ2v) is 3.97. The number of hydrogen-bond acceptors (Lipinski definition) is 4. The first-order valence-electron chi connectivity index (χ1n) is 5.35. The van der Waals surface area contributed by atoms with Crippen LogP contribution in [0.5, 0.6) is 0 Å². The fourth-order valence-corrected chi connectivity index (χ4v) is 1.72. The van der Waals surface area contributed by atoms with Crippen molar-refractivity contribution in [2.24, 2.45) is 11.7 Å². The smallest absolute Gasteiger partial charge is 0.151 e. The van der Waals surface area contributed by atoms with E-state index in [1.54, 1.807) is 0 Å². The molecule has 0 spiro atoms. The van der Waals surface area contributed by atoms with E-state index in [1.165, 1.54) is 19.3 Å². The zero-order valence-electron chi connectivity index (χ0n) is 8.39. The highest BCUT2D eigenvalue weighted by Gasteiger charge is 2.19. The maximum atomic E-state index is 5.46. The molecule has 5 heteroatoms. The molecular formula is C9H17N5. The molecule has 2 N–H and O–H groups in total. The molecule has 0 aliphatic heterocycles. The molecule has 0 saturated heterocycles. The van der Waals surface area contributed by atoms with Crippen molar-refractivity contribution in [1.82, 2.24) is 20.2 Å². The van der Waals surface area contributed by atoms with Crippen LogP contribution in [0.4, 0.5) is 0 Å². The Morgan fingerprint density at radius 1 is 1.43 bits per heavy atom. The molecule has 1 fully saturated rings. The third kappa shape index (κ3) is 2.09. The average molecular weight is 195 g/mol. The quantitative estimate of drug-likeness (QED) is 0.736. The third-order valence-corrected chi connectivity index (χ3v) is 2.87. The van der Waals surface area contributed by atoms with Gasteiger partial charge in [0, 0.05) is 13.0 Å². The van der Waals surface area contributed by atoms with E-state index in [0.717, 1.165) is 31.1 Å². The molecule has 1 saturated carbocycles. The summed E-state index contributed by atoms with van der Waals surface area (Å²) in [6.45, 7) is 1.70. The number of hydrogen-bond donors (Lipinski definition) is 1. The van der Waals surface area contributed by atoms with E-state index in [1.807, 2.05) is 4.68 Å². The van der Waals surface area contributed by atoms with Crippen LogP contribution in [-0.2, 0) is 13.0 Å². The van der Waals surface area contributed by atoms with Crippen LogP contribution in [0.1, 0.15) is 31.5 Å². The summed E-state index contributed by atoms with van der Waals surface area (Å²) in [5, 5.41) is 11.7. The second-order valence-electron chi connectivity index (χ2n) is 3.97. The fraction of sp³-hybridized carbons (Fsp3) is 0.889. The maximum Gasteiger partial charge on any atom is 0.151 e. The summed E-state index contributed by atoms with van der Waals surface area (Å²) in [4.78, 5) is 0. The molecule has 1 aliphatic carbocycles. The topological polar surface area (TPSA) is 69.6 Å². The van der Waals surface area contributed by atoms with Gasteiger partial charge in [-0.15, -0.1) is 5.10 Å². The summed E-state index contributed by atoms with van der Waals surface area (Å²) >= 11 is 0. The van der Waals surface area contributed by atoms with Crippen LogP contribution >= 0.6 is 0 Å². The zero-order valence-corrected chi connectivity index (χ0v) is 8.39. The van der Waals surface area contributed by atoms with E-state index in [9.17, 15) is 0 Å². The summed E-state index contributed by atoms with van der Waals surface area (Å²) in [5.74, 6) is 1.79. The largest absolute Gasteiger partial charge is 0.330 e. The van der Waals surface area contributed by atoms with Crippen LogP contribution < -0.4 is 5.73 Å². The first-order valence-corrected chi connectivity index (χ1v) is 5.35. The minimum absolute atomic E-state index is 0.705. The Hall–Kier alpha value is -0.970. The van der Waals surface area contributed by atoms with Gasteiger partial charge in [-0.2, -0.15) is 0 Å². The molecule has 78 valence electrons. The lowest BCUT2D eigenvalue weighted by molar-refractivity contribution is 0.261. The van der Waals surface area contributed by atoms with Crippen molar-refractivity contribution in [2.45, 2.75) is 38.6 Å². The van der Waals surface area contributed by atoms with Gasteiger partial charge in [0.2, 0.25) is 0 Å². The molecule has 1 heterocycles. The molecule has 14 heavy (non-hydrogen) atoms. The summed E-state index contributed by atoms with van der Waals surface area (Å²) in [5.41, 5.74) is 5.46. The normalized spacial score (nSPS) is 16.9. The molecule has 5 nitrogen and oxygen atoms in total. The van der Waals surface area contributed by atoms with E-state index in [4.69, 9.17) is 5.73 Å². The molecular weight excluding hydrogens is 178 g/mol. The number of aryl methyl sites for hydroxylation is 1. The Labute approximate surface area is 83.7 Å². The Morgan fingerprint density at radius 2 is 2.29 bits per heavy atom. The molecule has 1 aliphatic rings. The fourth-order valence-electron chi connectivity index (χ4n) is 1.72. The Bertz CT molecular complexity index is 278. The standard InChI is InChI=1S/C9H17N5/c10-6-2-5-9-11-12-13-14(9)7-8-3-1-4-8/h8H,1-7,10H2. The highest BCUT2D eigenvalue weighted by molar-refractivity contribution is 4.83. The molecule has 0 bridgehead atoms. The first kappa shape index (κ1) is 9.58. The summed E-state index contributed by atoms with van der Waals surface area (Å²) in [7, 11) is 0. The van der Waals surface area contributed by atoms with E-state index in [-0.39, 0.29) is 0 Å². The third-order valence-electron chi connectivity index (χ3n) is 2.87. The van der Waals surface area contributed by atoms with Gasteiger partial charge in [0.05, 0.1) is 0 Å². The molecule has 2 rings (SSSR count). The summed E-state index contributed by atoms with van der Waals surface area (Å²) < 4.78 is 1.94. The van der Waals surface area contributed by atoms with Crippen molar-refractivity contribution >= 4 is 0 Å². The summed E-state index contributed by atoms with van der Waals surface area (Å²) in [6, 6.07) is 0. The van der Waals surface area contributed by atoms with Crippen LogP contribution in [0.2, 0.25) is 0 Å². The van der Waals surface area contributed by atoms with Crippen molar-refractivity contribution in [3.8, 4) is 0 Å². The average Bonchev–Trinajstić information content (AvgIpc) is 2.55. The minimum atomic E-state index is 0.705. The van der Waals surface area contributed by atoms with Gasteiger partial charge in [-0.3, -0.25) is 0 Å². The number of nitrogens with zero attached hydrogens (tertiary/aromatic N) is 4. The van der Waals surface area contributed by atoms with Gasteiger partial charge in [0.25, 0.3) is 0 Å². The Morgan fingerprint density at radius 3 is 2.93 bits per heavy atom. The zero-order chi connectivity index (χ0) is 9.80. The highest BCUT2D eigenvalue weighted by Crippen LogP contribution is 2.27. The predicted molar refractivity (Wildman–Crippen MR) is 52.5 cm³/mol. The van der Waals surface area contributed by atoms with Gasteiger partial charge in [0.1, 0.15) is 0 Å². The Balaban J connectivity index is 1.90. The number of tetrazole rings is 1. The monoisotopic (exact) mass is 195 g/mol. The molecule has 1 aromatic rings. The second kappa shape index (κ2) is 4.50. The van der Waals surface area contributed by atoms with Gasteiger partial charge in [-0.05, 0) is 42.2 Å². The Kier molecular flexibility index (Phi) is 3.08. The van der Waals surface area contributed by atoms with E-state index in [2.05, 4.69) is 15.5 Å². The lowest BCUT2D eigenvalue weighted by Gasteiger charge is -2.24. The van der Waals surface area contributed by atoms with Crippen molar-refractivity contribution < 1.29 is 0 Å². The van der Waals surface area contributed by atoms with Gasteiger partial charge in [-0.25, -0.2) is 4.68 Å². The predicted octanol–water partition coefficient (Wildman–Crippen LogP) is 0.364. The van der Waals surface area contributed by atoms with E-state index in [0.29, 0.717) is 6.54 Å². The van der Waals surface area contributed by atoms with Gasteiger partial charge in [0.15, 0.2) is 5.82 Å². The van der Waals surface area contributed by atoms with Crippen molar-refractivity contribution in [2.75, 3.05) is 6.54 Å². The van der Waals surface area contributed by atoms with Crippen molar-refractivity contribution in [3.05, 3.63) is 5.82 Å². The minimum Gasteiger partial charge on any atom is -0.330 e. The van der Waals surface area contributed by atoms with Crippen LogP contribution in [0.25, 0.3) is 0 Å². The SMILES string of the molecule is NCCCc1nnnn1CC1CCC1. The van der Waals surface area contributed by atoms with Crippen LogP contribution in [0.15, 0.2) is 0 Å². The first-order chi connectivity index (χ1) is 6.90. The summed E-state index contributed by atoms with van der Waals surface area (Å²) in [6.07, 6.45) is 5.89. The molecule has 0 atom stereocenters. The molecule has 0 aromatic carbocycles. The highest BCUT2D eigenvalue weighted by atomic mass is 15.5. The number of rotatable bonds is 5. The van der Waals surface area contributed by atoms with Crippen LogP contribution in [-0.4, -0.2) is 26.8 Å². The molecule has 1 aromatic heterocycles. The van der Waals surface area contributed by atoms with Gasteiger partial charge < -0.3 is 5.73 Å². The lowest BCUT2D eigenvalue weighted by atomic mass is 9.85. The number of nitrogens with two attached hydrogens (primary N) is 1. The van der Waals surface area contributed by atoms with Gasteiger partial charge >= 0.3 is 0 Å². The van der Waals surface area contributed by atoms with Crippen molar-refractivity contribution in [1.29, 1.82) is 0 Å². The van der Waals surface area contributed by atoms with Gasteiger partial charge in [-0.1, -0.05) is 6.42 Å².